The van der Waals surface area contributed by atoms with E-state index in [1.165, 1.54) is 42.5 Å². The number of methoxy groups -OCH3 is 1. The van der Waals surface area contributed by atoms with Gasteiger partial charge in [0.2, 0.25) is 0 Å². The third-order valence-electron chi connectivity index (χ3n) is 5.14. The SMILES string of the molecule is COc1ccc(C)cc1/C(O)=C1\C(=O)C(=O)N(c2cccc(F)c2)C1c1cccnc1. The first-order chi connectivity index (χ1) is 14.9. The van der Waals surface area contributed by atoms with Crippen molar-refractivity contribution < 1.29 is 23.8 Å². The number of benzene rings is 2. The van der Waals surface area contributed by atoms with E-state index in [0.29, 0.717) is 11.3 Å². The Hall–Kier alpha value is -4.00. The van der Waals surface area contributed by atoms with Gasteiger partial charge in [0, 0.05) is 18.1 Å². The average molecular weight is 418 g/mol. The van der Waals surface area contributed by atoms with Gasteiger partial charge in [-0.05, 0) is 48.9 Å². The molecule has 0 aliphatic carbocycles. The van der Waals surface area contributed by atoms with Crippen molar-refractivity contribution in [1.82, 2.24) is 4.98 Å². The Morgan fingerprint density at radius 1 is 1.13 bits per heavy atom. The second-order valence-corrected chi connectivity index (χ2v) is 7.14. The molecule has 7 heteroatoms. The highest BCUT2D eigenvalue weighted by Crippen LogP contribution is 2.43. The lowest BCUT2D eigenvalue weighted by molar-refractivity contribution is -0.132. The van der Waals surface area contributed by atoms with Crippen LogP contribution >= 0.6 is 0 Å². The van der Waals surface area contributed by atoms with Gasteiger partial charge in [-0.3, -0.25) is 19.5 Å². The molecule has 3 aromatic rings. The zero-order chi connectivity index (χ0) is 22.1. The standard InChI is InChI=1S/C24H19FN2O4/c1-14-8-9-19(31-2)18(11-14)22(28)20-21(15-5-4-10-26-13-15)27(24(30)23(20)29)17-7-3-6-16(25)12-17/h3-13,21,28H,1-2H3/b22-20+. The van der Waals surface area contributed by atoms with E-state index in [4.69, 9.17) is 4.74 Å². The fraction of sp³-hybridized carbons (Fsp3) is 0.125. The third kappa shape index (κ3) is 3.54. The van der Waals surface area contributed by atoms with Crippen LogP contribution < -0.4 is 9.64 Å². The molecule has 2 aromatic carbocycles. The molecule has 1 aliphatic rings. The molecule has 2 heterocycles. The number of aliphatic hydroxyl groups excluding tert-OH is 1. The highest BCUT2D eigenvalue weighted by atomic mass is 19.1. The second-order valence-electron chi connectivity index (χ2n) is 7.14. The van der Waals surface area contributed by atoms with Crippen molar-refractivity contribution in [2.45, 2.75) is 13.0 Å². The van der Waals surface area contributed by atoms with Gasteiger partial charge in [0.25, 0.3) is 11.7 Å². The maximum atomic E-state index is 13.9. The van der Waals surface area contributed by atoms with Crippen LogP contribution in [0.4, 0.5) is 10.1 Å². The molecule has 1 N–H and O–H groups in total. The summed E-state index contributed by atoms with van der Waals surface area (Å²) in [4.78, 5) is 31.4. The van der Waals surface area contributed by atoms with Crippen LogP contribution in [0.25, 0.3) is 5.76 Å². The minimum Gasteiger partial charge on any atom is -0.507 e. The number of aliphatic hydroxyl groups is 1. The van der Waals surface area contributed by atoms with Crippen molar-refractivity contribution in [2.75, 3.05) is 12.0 Å². The number of halogens is 1. The molecule has 1 fully saturated rings. The summed E-state index contributed by atoms with van der Waals surface area (Å²) in [6, 6.07) is 12.9. The molecule has 31 heavy (non-hydrogen) atoms. The number of carbonyl (C=O) groups excluding carboxylic acids is 2. The van der Waals surface area contributed by atoms with Crippen molar-refractivity contribution in [2.24, 2.45) is 0 Å². The van der Waals surface area contributed by atoms with Crippen molar-refractivity contribution in [3.05, 3.63) is 95.1 Å². The van der Waals surface area contributed by atoms with Gasteiger partial charge in [-0.2, -0.15) is 0 Å². The summed E-state index contributed by atoms with van der Waals surface area (Å²) >= 11 is 0. The van der Waals surface area contributed by atoms with Crippen LogP contribution in [0.2, 0.25) is 0 Å². The fourth-order valence-corrected chi connectivity index (χ4v) is 3.73. The molecule has 1 atom stereocenters. The lowest BCUT2D eigenvalue weighted by atomic mass is 9.95. The van der Waals surface area contributed by atoms with Crippen molar-refractivity contribution in [3.63, 3.8) is 0 Å². The number of Topliss-reactive ketones (excluding diaryl/α,β-unsaturated/α-hetero) is 1. The number of rotatable bonds is 4. The highest BCUT2D eigenvalue weighted by Gasteiger charge is 2.47. The zero-order valence-electron chi connectivity index (χ0n) is 16.9. The van der Waals surface area contributed by atoms with Crippen LogP contribution in [0.3, 0.4) is 0 Å². The Balaban J connectivity index is 1.99. The van der Waals surface area contributed by atoms with Gasteiger partial charge in [-0.1, -0.05) is 23.8 Å². The molecular formula is C24H19FN2O4. The maximum Gasteiger partial charge on any atom is 0.300 e. The summed E-state index contributed by atoms with van der Waals surface area (Å²) in [6.45, 7) is 1.83. The van der Waals surface area contributed by atoms with E-state index in [1.807, 2.05) is 6.92 Å². The van der Waals surface area contributed by atoms with E-state index in [1.54, 1.807) is 36.5 Å². The highest BCUT2D eigenvalue weighted by molar-refractivity contribution is 6.51. The molecule has 1 unspecified atom stereocenters. The smallest absolute Gasteiger partial charge is 0.300 e. The number of carbonyl (C=O) groups is 2. The first-order valence-corrected chi connectivity index (χ1v) is 9.54. The lowest BCUT2D eigenvalue weighted by Gasteiger charge is -2.25. The van der Waals surface area contributed by atoms with Gasteiger partial charge >= 0.3 is 0 Å². The predicted molar refractivity (Wildman–Crippen MR) is 113 cm³/mol. The minimum atomic E-state index is -0.985. The number of aryl methyl sites for hydroxylation is 1. The topological polar surface area (TPSA) is 79.7 Å². The van der Waals surface area contributed by atoms with Crippen molar-refractivity contribution >= 4 is 23.1 Å². The number of nitrogens with zero attached hydrogens (tertiary/aromatic N) is 2. The predicted octanol–water partition coefficient (Wildman–Crippen LogP) is 4.16. The molecule has 156 valence electrons. The van der Waals surface area contributed by atoms with Gasteiger partial charge in [-0.25, -0.2) is 4.39 Å². The largest absolute Gasteiger partial charge is 0.507 e. The van der Waals surface area contributed by atoms with Gasteiger partial charge in [-0.15, -0.1) is 0 Å². The van der Waals surface area contributed by atoms with E-state index < -0.39 is 23.5 Å². The van der Waals surface area contributed by atoms with E-state index in [9.17, 15) is 19.1 Å². The first kappa shape index (κ1) is 20.3. The molecular weight excluding hydrogens is 399 g/mol. The second kappa shape index (κ2) is 8.02. The molecule has 1 saturated heterocycles. The molecule has 1 aliphatic heterocycles. The van der Waals surface area contributed by atoms with Gasteiger partial charge in [0.1, 0.15) is 17.3 Å². The number of amides is 1. The van der Waals surface area contributed by atoms with Crippen LogP contribution in [0, 0.1) is 12.7 Å². The number of ketones is 1. The summed E-state index contributed by atoms with van der Waals surface area (Å²) in [5.41, 5.74) is 1.70. The lowest BCUT2D eigenvalue weighted by Crippen LogP contribution is -2.29. The molecule has 1 aromatic heterocycles. The summed E-state index contributed by atoms with van der Waals surface area (Å²) in [5, 5.41) is 11.2. The number of hydrogen-bond donors (Lipinski definition) is 1. The Morgan fingerprint density at radius 2 is 1.94 bits per heavy atom. The maximum absolute atomic E-state index is 13.9. The molecule has 0 bridgehead atoms. The molecule has 0 saturated carbocycles. The van der Waals surface area contributed by atoms with Crippen LogP contribution in [-0.4, -0.2) is 28.9 Å². The molecule has 0 radical (unpaired) electrons. The van der Waals surface area contributed by atoms with E-state index >= 15 is 0 Å². The van der Waals surface area contributed by atoms with E-state index in [-0.39, 0.29) is 22.6 Å². The number of ether oxygens (including phenoxy) is 1. The summed E-state index contributed by atoms with van der Waals surface area (Å²) in [5.74, 6) is -2.31. The normalized spacial score (nSPS) is 17.8. The summed E-state index contributed by atoms with van der Waals surface area (Å²) in [6.07, 6.45) is 3.06. The van der Waals surface area contributed by atoms with E-state index in [0.717, 1.165) is 5.56 Å². The van der Waals surface area contributed by atoms with Crippen LogP contribution in [0.15, 0.2) is 72.6 Å². The number of pyridine rings is 1. The number of hydrogen-bond acceptors (Lipinski definition) is 5. The quantitative estimate of drug-likeness (QED) is 0.391. The van der Waals surface area contributed by atoms with Crippen molar-refractivity contribution in [1.29, 1.82) is 0 Å². The minimum absolute atomic E-state index is 0.119. The Bertz CT molecular complexity index is 1210. The molecule has 6 nitrogen and oxygen atoms in total. The fourth-order valence-electron chi connectivity index (χ4n) is 3.73. The van der Waals surface area contributed by atoms with Gasteiger partial charge in [0.15, 0.2) is 0 Å². The van der Waals surface area contributed by atoms with Gasteiger partial charge < -0.3 is 9.84 Å². The van der Waals surface area contributed by atoms with Crippen LogP contribution in [0.5, 0.6) is 5.75 Å². The van der Waals surface area contributed by atoms with Crippen LogP contribution in [-0.2, 0) is 9.59 Å². The molecule has 0 spiro atoms. The third-order valence-corrected chi connectivity index (χ3v) is 5.14. The Morgan fingerprint density at radius 3 is 2.61 bits per heavy atom. The molecule has 4 rings (SSSR count). The van der Waals surface area contributed by atoms with Crippen LogP contribution in [0.1, 0.15) is 22.7 Å². The summed E-state index contributed by atoms with van der Waals surface area (Å²) in [7, 11) is 1.45. The first-order valence-electron chi connectivity index (χ1n) is 9.54. The van der Waals surface area contributed by atoms with Crippen molar-refractivity contribution in [3.8, 4) is 5.75 Å². The molecule has 1 amide bonds. The zero-order valence-corrected chi connectivity index (χ0v) is 16.9. The number of aromatic nitrogens is 1. The van der Waals surface area contributed by atoms with Gasteiger partial charge in [0.05, 0.1) is 24.3 Å². The Kier molecular flexibility index (Phi) is 5.25. The van der Waals surface area contributed by atoms with E-state index in [2.05, 4.69) is 4.98 Å². The average Bonchev–Trinajstić information content (AvgIpc) is 3.04. The monoisotopic (exact) mass is 418 g/mol. The number of anilines is 1. The Labute approximate surface area is 178 Å². The summed E-state index contributed by atoms with van der Waals surface area (Å²) < 4.78 is 19.3.